The topological polar surface area (TPSA) is 71.4 Å². The van der Waals surface area contributed by atoms with Crippen LogP contribution in [0.2, 0.25) is 0 Å². The minimum absolute atomic E-state index is 0.0506. The fourth-order valence-electron chi connectivity index (χ4n) is 1.43. The fourth-order valence-corrected chi connectivity index (χ4v) is 3.53. The molecular formula is C11H11BrF2O4S. The number of hydrogen-bond acceptors (Lipinski definition) is 3. The Morgan fingerprint density at radius 3 is 2.53 bits per heavy atom. The molecule has 0 radical (unpaired) electrons. The molecule has 0 saturated carbocycles. The Morgan fingerprint density at radius 2 is 2.00 bits per heavy atom. The van der Waals surface area contributed by atoms with Gasteiger partial charge in [-0.15, -0.1) is 0 Å². The van der Waals surface area contributed by atoms with Gasteiger partial charge in [-0.3, -0.25) is 4.79 Å². The molecule has 0 saturated heterocycles. The molecule has 4 nitrogen and oxygen atoms in total. The maximum atomic E-state index is 13.6. The Kier molecular flexibility index (Phi) is 5.03. The summed E-state index contributed by atoms with van der Waals surface area (Å²) < 4.78 is 50.4. The van der Waals surface area contributed by atoms with E-state index in [0.29, 0.717) is 0 Å². The monoisotopic (exact) mass is 356 g/mol. The number of carbonyl (C=O) groups is 1. The molecule has 19 heavy (non-hydrogen) atoms. The molecule has 106 valence electrons. The van der Waals surface area contributed by atoms with Crippen molar-refractivity contribution >= 4 is 31.7 Å². The van der Waals surface area contributed by atoms with Gasteiger partial charge in [0.1, 0.15) is 11.6 Å². The molecular weight excluding hydrogens is 346 g/mol. The zero-order chi connectivity index (χ0) is 14.8. The molecule has 0 aliphatic heterocycles. The summed E-state index contributed by atoms with van der Waals surface area (Å²) in [6, 6.07) is 2.07. The number of rotatable bonds is 5. The summed E-state index contributed by atoms with van der Waals surface area (Å²) in [7, 11) is -3.92. The van der Waals surface area contributed by atoms with Crippen molar-refractivity contribution in [1.82, 2.24) is 0 Å². The molecule has 0 bridgehead atoms. The molecule has 1 aromatic rings. The van der Waals surface area contributed by atoms with E-state index in [0.717, 1.165) is 12.1 Å². The van der Waals surface area contributed by atoms with E-state index in [-0.39, 0.29) is 4.47 Å². The fraction of sp³-hybridized carbons (Fsp3) is 0.364. The van der Waals surface area contributed by atoms with E-state index in [1.54, 1.807) is 0 Å². The van der Waals surface area contributed by atoms with Crippen molar-refractivity contribution in [2.45, 2.75) is 12.7 Å². The van der Waals surface area contributed by atoms with E-state index in [2.05, 4.69) is 15.9 Å². The Morgan fingerprint density at radius 1 is 1.42 bits per heavy atom. The molecule has 0 spiro atoms. The van der Waals surface area contributed by atoms with E-state index in [1.165, 1.54) is 6.92 Å². The van der Waals surface area contributed by atoms with E-state index < -0.39 is 50.4 Å². The highest BCUT2D eigenvalue weighted by atomic mass is 79.9. The molecule has 1 N–H and O–H groups in total. The van der Waals surface area contributed by atoms with Crippen molar-refractivity contribution in [3.63, 3.8) is 0 Å². The summed E-state index contributed by atoms with van der Waals surface area (Å²) in [5.74, 6) is -5.93. The second-order valence-corrected chi connectivity index (χ2v) is 7.08. The lowest BCUT2D eigenvalue weighted by Crippen LogP contribution is -2.22. The van der Waals surface area contributed by atoms with Crippen LogP contribution in [0.5, 0.6) is 0 Å². The second kappa shape index (κ2) is 5.96. The highest BCUT2D eigenvalue weighted by molar-refractivity contribution is 9.10. The maximum Gasteiger partial charge on any atom is 0.307 e. The van der Waals surface area contributed by atoms with Gasteiger partial charge in [0.05, 0.1) is 21.9 Å². The summed E-state index contributed by atoms with van der Waals surface area (Å²) in [6.07, 6.45) is 0. The number of benzene rings is 1. The number of hydrogen-bond donors (Lipinski definition) is 1. The van der Waals surface area contributed by atoms with Crippen LogP contribution >= 0.6 is 15.9 Å². The van der Waals surface area contributed by atoms with Crippen molar-refractivity contribution in [3.8, 4) is 0 Å². The van der Waals surface area contributed by atoms with Crippen LogP contribution in [-0.4, -0.2) is 25.2 Å². The summed E-state index contributed by atoms with van der Waals surface area (Å²) in [4.78, 5) is 10.6. The maximum absolute atomic E-state index is 13.6. The first-order valence-corrected chi connectivity index (χ1v) is 7.81. The number of carboxylic acid groups (broad SMARTS) is 1. The van der Waals surface area contributed by atoms with Crippen molar-refractivity contribution in [3.05, 3.63) is 33.8 Å². The van der Waals surface area contributed by atoms with Gasteiger partial charge in [0.2, 0.25) is 0 Å². The first-order valence-electron chi connectivity index (χ1n) is 5.19. The number of carboxylic acids is 1. The van der Waals surface area contributed by atoms with Gasteiger partial charge in [0.15, 0.2) is 9.84 Å². The molecule has 0 aliphatic carbocycles. The van der Waals surface area contributed by atoms with E-state index >= 15 is 0 Å². The minimum atomic E-state index is -3.92. The standard InChI is InChI=1S/C11H11BrF2O4S/c1-6(11(15)16)4-19(17,18)5-7-9(13)3-2-8(12)10(7)14/h2-3,6H,4-5H2,1H3,(H,15,16). The molecule has 0 aliphatic rings. The van der Waals surface area contributed by atoms with Crippen molar-refractivity contribution < 1.29 is 27.1 Å². The van der Waals surface area contributed by atoms with Gasteiger partial charge in [-0.05, 0) is 28.1 Å². The van der Waals surface area contributed by atoms with Crippen LogP contribution in [0.15, 0.2) is 16.6 Å². The lowest BCUT2D eigenvalue weighted by Gasteiger charge is -2.10. The van der Waals surface area contributed by atoms with E-state index in [9.17, 15) is 22.0 Å². The molecule has 0 aromatic heterocycles. The number of aliphatic carboxylic acids is 1. The minimum Gasteiger partial charge on any atom is -0.481 e. The molecule has 1 aromatic carbocycles. The normalized spacial score (nSPS) is 13.3. The van der Waals surface area contributed by atoms with Gasteiger partial charge >= 0.3 is 5.97 Å². The lowest BCUT2D eigenvalue weighted by molar-refractivity contribution is -0.140. The molecule has 1 unspecified atom stereocenters. The largest absolute Gasteiger partial charge is 0.481 e. The van der Waals surface area contributed by atoms with Gasteiger partial charge in [0.25, 0.3) is 0 Å². The molecule has 1 rings (SSSR count). The molecule has 0 fully saturated rings. The summed E-state index contributed by atoms with van der Waals surface area (Å²) in [5, 5.41) is 8.64. The third-order valence-corrected chi connectivity index (χ3v) is 4.78. The zero-order valence-corrected chi connectivity index (χ0v) is 12.3. The Bertz CT molecular complexity index is 601. The van der Waals surface area contributed by atoms with Gasteiger partial charge in [0, 0.05) is 5.56 Å². The predicted octanol–water partition coefficient (Wildman–Crippen LogP) is 2.36. The van der Waals surface area contributed by atoms with Crippen LogP contribution in [-0.2, 0) is 20.4 Å². The first-order chi connectivity index (χ1) is 8.64. The summed E-state index contributed by atoms with van der Waals surface area (Å²) in [5.41, 5.74) is -0.591. The van der Waals surface area contributed by atoms with E-state index in [1.807, 2.05) is 0 Å². The van der Waals surface area contributed by atoms with Crippen LogP contribution in [0.4, 0.5) is 8.78 Å². The molecule has 0 heterocycles. The third-order valence-electron chi connectivity index (χ3n) is 2.43. The highest BCUT2D eigenvalue weighted by Gasteiger charge is 2.24. The van der Waals surface area contributed by atoms with Crippen LogP contribution < -0.4 is 0 Å². The zero-order valence-electron chi connectivity index (χ0n) is 9.86. The van der Waals surface area contributed by atoms with Crippen LogP contribution in [0.25, 0.3) is 0 Å². The van der Waals surface area contributed by atoms with Crippen LogP contribution in [0, 0.1) is 17.6 Å². The van der Waals surface area contributed by atoms with E-state index in [4.69, 9.17) is 5.11 Å². The smallest absolute Gasteiger partial charge is 0.307 e. The SMILES string of the molecule is CC(CS(=O)(=O)Cc1c(F)ccc(Br)c1F)C(=O)O. The van der Waals surface area contributed by atoms with Gasteiger partial charge < -0.3 is 5.11 Å². The second-order valence-electron chi connectivity index (χ2n) is 4.12. The molecule has 1 atom stereocenters. The average molecular weight is 357 g/mol. The van der Waals surface area contributed by atoms with Gasteiger partial charge in [-0.1, -0.05) is 6.92 Å². The summed E-state index contributed by atoms with van der Waals surface area (Å²) >= 11 is 2.83. The quantitative estimate of drug-likeness (QED) is 0.822. The van der Waals surface area contributed by atoms with Gasteiger partial charge in [-0.25, -0.2) is 17.2 Å². The average Bonchev–Trinajstić information content (AvgIpc) is 2.29. The molecule has 0 amide bonds. The lowest BCUT2D eigenvalue weighted by atomic mass is 10.2. The van der Waals surface area contributed by atoms with Crippen LogP contribution in [0.1, 0.15) is 12.5 Å². The van der Waals surface area contributed by atoms with Crippen molar-refractivity contribution in [2.75, 3.05) is 5.75 Å². The van der Waals surface area contributed by atoms with Crippen molar-refractivity contribution in [1.29, 1.82) is 0 Å². The predicted molar refractivity (Wildman–Crippen MR) is 68.3 cm³/mol. The third kappa shape index (κ3) is 4.24. The number of halogens is 3. The number of sulfone groups is 1. The Hall–Kier alpha value is -1.02. The molecule has 8 heteroatoms. The Labute approximate surface area is 117 Å². The highest BCUT2D eigenvalue weighted by Crippen LogP contribution is 2.24. The van der Waals surface area contributed by atoms with Crippen LogP contribution in [0.3, 0.4) is 0 Å². The Balaban J connectivity index is 3.03. The summed E-state index contributed by atoms with van der Waals surface area (Å²) in [6.45, 7) is 1.22. The van der Waals surface area contributed by atoms with Crippen molar-refractivity contribution in [2.24, 2.45) is 5.92 Å². The van der Waals surface area contributed by atoms with Gasteiger partial charge in [-0.2, -0.15) is 0 Å². The first kappa shape index (κ1) is 16.0.